The van der Waals surface area contributed by atoms with E-state index in [-0.39, 0.29) is 27.6 Å². The smallest absolute Gasteiger partial charge is 0.261 e. The van der Waals surface area contributed by atoms with Gasteiger partial charge in [-0.3, -0.25) is 0 Å². The Labute approximate surface area is 314 Å². The topological polar surface area (TPSA) is 38.7 Å². The van der Waals surface area contributed by atoms with E-state index in [1.165, 1.54) is 41.6 Å². The van der Waals surface area contributed by atoms with E-state index in [0.29, 0.717) is 23.7 Å². The molecule has 3 nitrogen and oxygen atoms in total. The molecule has 4 saturated carbocycles. The predicted octanol–water partition coefficient (Wildman–Crippen LogP) is 10.8. The predicted molar refractivity (Wildman–Crippen MR) is 221 cm³/mol. The molecule has 4 aliphatic rings. The quantitative estimate of drug-likeness (QED) is 0.127. The van der Waals surface area contributed by atoms with E-state index >= 15 is 0 Å². The van der Waals surface area contributed by atoms with Gasteiger partial charge in [0.15, 0.2) is 8.32 Å². The van der Waals surface area contributed by atoms with Crippen LogP contribution in [0.4, 0.5) is 0 Å². The highest BCUT2D eigenvalue weighted by Gasteiger charge is 2.64. The second kappa shape index (κ2) is 13.8. The lowest BCUT2D eigenvalue weighted by Gasteiger charge is -2.50. The van der Waals surface area contributed by atoms with Gasteiger partial charge in [-0.1, -0.05) is 127 Å². The Morgan fingerprint density at radius 1 is 0.922 bits per heavy atom. The van der Waals surface area contributed by atoms with Crippen LogP contribution < -0.4 is 10.4 Å². The molecule has 280 valence electrons. The first-order valence-corrected chi connectivity index (χ1v) is 25.7. The van der Waals surface area contributed by atoms with Crippen LogP contribution in [0.2, 0.25) is 24.7 Å². The third-order valence-electron chi connectivity index (χ3n) is 14.1. The Morgan fingerprint density at radius 2 is 1.53 bits per heavy atom. The molecule has 0 radical (unpaired) electrons. The fourth-order valence-corrected chi connectivity index (χ4v) is 18.2. The number of fused-ring (bicyclic) bond motifs is 2. The van der Waals surface area contributed by atoms with Crippen LogP contribution in [0.1, 0.15) is 113 Å². The van der Waals surface area contributed by atoms with Crippen molar-refractivity contribution in [3.8, 4) is 0 Å². The lowest BCUT2D eigenvalue weighted by molar-refractivity contribution is -0.0783. The van der Waals surface area contributed by atoms with E-state index in [9.17, 15) is 5.11 Å². The summed E-state index contributed by atoms with van der Waals surface area (Å²) in [5.41, 5.74) is 0.584. The molecule has 0 amide bonds. The molecule has 0 saturated heterocycles. The van der Waals surface area contributed by atoms with Gasteiger partial charge >= 0.3 is 0 Å². The summed E-state index contributed by atoms with van der Waals surface area (Å²) in [5, 5.41) is 15.2. The van der Waals surface area contributed by atoms with Gasteiger partial charge in [0.25, 0.3) is 8.32 Å². The van der Waals surface area contributed by atoms with E-state index in [4.69, 9.17) is 15.4 Å². The maximum absolute atomic E-state index is 12.6. The second-order valence-electron chi connectivity index (χ2n) is 20.2. The molecule has 51 heavy (non-hydrogen) atoms. The van der Waals surface area contributed by atoms with Gasteiger partial charge in [0.05, 0.1) is 17.3 Å². The fraction of sp³-hybridized carbons (Fsp3) is 0.652. The number of hydrogen-bond donors (Lipinski definition) is 1. The maximum atomic E-state index is 12.6. The summed E-state index contributed by atoms with van der Waals surface area (Å²) in [6.07, 6.45) is 16.1. The van der Waals surface area contributed by atoms with Crippen LogP contribution in [0.25, 0.3) is 0 Å². The minimum absolute atomic E-state index is 0.0174. The average molecular weight is 730 g/mol. The first-order valence-electron chi connectivity index (χ1n) is 20.4. The van der Waals surface area contributed by atoms with Crippen LogP contribution in [0.5, 0.6) is 0 Å². The van der Waals surface area contributed by atoms with Crippen molar-refractivity contribution in [2.24, 2.45) is 34.5 Å². The lowest BCUT2D eigenvalue weighted by atomic mass is 9.61. The molecule has 1 N–H and O–H groups in total. The summed E-state index contributed by atoms with van der Waals surface area (Å²) in [5.74, 6) is 2.20. The van der Waals surface area contributed by atoms with Gasteiger partial charge in [-0.25, -0.2) is 0 Å². The third kappa shape index (κ3) is 7.38. The van der Waals surface area contributed by atoms with Gasteiger partial charge in [0, 0.05) is 5.41 Å². The number of rotatable bonds is 13. The minimum atomic E-state index is -2.69. The van der Waals surface area contributed by atoms with E-state index in [2.05, 4.69) is 141 Å². The zero-order valence-corrected chi connectivity index (χ0v) is 35.9. The zero-order valence-electron chi connectivity index (χ0n) is 33.9. The molecule has 2 aromatic carbocycles. The molecule has 6 rings (SSSR count). The van der Waals surface area contributed by atoms with Crippen molar-refractivity contribution in [2.45, 2.75) is 155 Å². The molecule has 0 unspecified atom stereocenters. The van der Waals surface area contributed by atoms with Gasteiger partial charge in [0.1, 0.15) is 0 Å². The summed E-state index contributed by atoms with van der Waals surface area (Å²) >= 11 is 0. The highest BCUT2D eigenvalue weighted by atomic mass is 28.4. The molecule has 0 spiro atoms. The van der Waals surface area contributed by atoms with Crippen molar-refractivity contribution in [3.05, 3.63) is 85.0 Å². The van der Waals surface area contributed by atoms with Crippen molar-refractivity contribution in [1.82, 2.24) is 0 Å². The van der Waals surface area contributed by atoms with Gasteiger partial charge in [-0.2, -0.15) is 0 Å². The Balaban J connectivity index is 1.17. The van der Waals surface area contributed by atoms with Crippen LogP contribution in [0.15, 0.2) is 85.0 Å². The minimum Gasteiger partial charge on any atom is -0.413 e. The van der Waals surface area contributed by atoms with Crippen LogP contribution in [-0.2, 0) is 8.85 Å². The fourth-order valence-electron chi connectivity index (χ4n) is 11.8. The van der Waals surface area contributed by atoms with Crippen molar-refractivity contribution >= 4 is 27.0 Å². The Kier molecular flexibility index (Phi) is 10.6. The van der Waals surface area contributed by atoms with E-state index in [1.807, 2.05) is 0 Å². The molecule has 5 heteroatoms. The van der Waals surface area contributed by atoms with Crippen LogP contribution in [0.3, 0.4) is 0 Å². The first kappa shape index (κ1) is 38.9. The summed E-state index contributed by atoms with van der Waals surface area (Å²) < 4.78 is 14.2. The van der Waals surface area contributed by atoms with Crippen molar-refractivity contribution in [2.75, 3.05) is 0 Å². The SMILES string of the molecule is C[C@H](CCCC(C)(C)O[Si](C)(C)C)[C@H]1CC[C@@H]2[C@]1(C)CC[13CH2][C@@]2(O)/[13CH]=C/[C@]12C[C@H]1C[C@H](O[Si](c1ccccc1)(c1ccccc1)C(C)(C)C)C2=[13CH2]. The van der Waals surface area contributed by atoms with Gasteiger partial charge in [-0.05, 0) is 135 Å². The summed E-state index contributed by atoms with van der Waals surface area (Å²) in [4.78, 5) is 0. The molecule has 2 aromatic rings. The van der Waals surface area contributed by atoms with Crippen molar-refractivity contribution in [1.29, 1.82) is 0 Å². The highest BCUT2D eigenvalue weighted by Crippen LogP contribution is 2.69. The number of allylic oxidation sites excluding steroid dienone is 1. The Hall–Kier alpha value is -1.77. The van der Waals surface area contributed by atoms with Crippen LogP contribution >= 0.6 is 0 Å². The van der Waals surface area contributed by atoms with Gasteiger partial charge in [0.2, 0.25) is 0 Å². The molecule has 0 aromatic heterocycles. The Bertz CT molecular complexity index is 1510. The van der Waals surface area contributed by atoms with Gasteiger partial charge < -0.3 is 14.0 Å². The van der Waals surface area contributed by atoms with Gasteiger partial charge in [-0.15, -0.1) is 0 Å². The molecule has 4 aliphatic carbocycles. The zero-order chi connectivity index (χ0) is 37.1. The van der Waals surface area contributed by atoms with Crippen molar-refractivity contribution < 1.29 is 14.0 Å². The monoisotopic (exact) mass is 729 g/mol. The normalized spacial score (nSPS) is 33.4. The number of benzene rings is 2. The summed E-state index contributed by atoms with van der Waals surface area (Å²) in [6, 6.07) is 22.0. The number of hydrogen-bond acceptors (Lipinski definition) is 3. The molecule has 0 heterocycles. The second-order valence-corrected chi connectivity index (χ2v) is 28.9. The molecule has 0 bridgehead atoms. The summed E-state index contributed by atoms with van der Waals surface area (Å²) in [6.45, 7) is 28.4. The molecule has 8 atom stereocenters. The Morgan fingerprint density at radius 3 is 2.10 bits per heavy atom. The third-order valence-corrected chi connectivity index (χ3v) is 20.3. The van der Waals surface area contributed by atoms with Crippen LogP contribution in [-0.4, -0.2) is 39.0 Å². The highest BCUT2D eigenvalue weighted by molar-refractivity contribution is 6.99. The standard InChI is InChI=1S/C46H70O3Si2/c1-34(20-18-27-43(6,7)49-50(9,10)11)39-25-26-41-44(39,8)28-19-29-46(41,47)31-30-45-33-36(45)32-40(35(45)2)48-51(42(3,4)5,37-21-14-12-15-22-37)38-23-16-13-17-24-38/h12-17,21-24,30-31,34,36,39-41,47H,2,18-20,25-29,32-33H2,1,3-11H3/b31-30+/t34-,36-,39-,40+,41-,44-,45-,46-/m1/s1/i2+1,29+1,31+1. The molecule has 0 aliphatic heterocycles. The van der Waals surface area contributed by atoms with Crippen LogP contribution in [0, 0.1) is 34.5 Å². The lowest BCUT2D eigenvalue weighted by Crippen LogP contribution is -2.67. The largest absolute Gasteiger partial charge is 0.413 e. The summed E-state index contributed by atoms with van der Waals surface area (Å²) in [7, 11) is -4.25. The first-order chi connectivity index (χ1) is 23.8. The van der Waals surface area contributed by atoms with E-state index in [1.54, 1.807) is 0 Å². The molecule has 4 fully saturated rings. The van der Waals surface area contributed by atoms with E-state index in [0.717, 1.165) is 38.5 Å². The number of aliphatic hydroxyl groups is 1. The van der Waals surface area contributed by atoms with Crippen molar-refractivity contribution in [3.63, 3.8) is 0 Å². The van der Waals surface area contributed by atoms with E-state index < -0.39 is 22.2 Å². The maximum Gasteiger partial charge on any atom is 0.261 e. The molecular weight excluding hydrogens is 660 g/mol. The average Bonchev–Trinajstić information content (AvgIpc) is 3.52. The molecular formula is C46H70O3Si2.